The van der Waals surface area contributed by atoms with Gasteiger partial charge in [-0.15, -0.1) is 0 Å². The van der Waals surface area contributed by atoms with Crippen LogP contribution in [0.25, 0.3) is 5.69 Å². The average Bonchev–Trinajstić information content (AvgIpc) is 2.88. The van der Waals surface area contributed by atoms with Crippen LogP contribution < -0.4 is 15.6 Å². The van der Waals surface area contributed by atoms with Gasteiger partial charge in [-0.3, -0.25) is 9.59 Å². The molecule has 1 heterocycles. The van der Waals surface area contributed by atoms with Gasteiger partial charge in [-0.2, -0.15) is 9.78 Å². The number of ether oxygens (including phenoxy) is 1. The van der Waals surface area contributed by atoms with Gasteiger partial charge >= 0.3 is 0 Å². The van der Waals surface area contributed by atoms with Crippen LogP contribution in [-0.2, 0) is 0 Å². The van der Waals surface area contributed by atoms with Crippen LogP contribution in [0.4, 0.5) is 0 Å². The zero-order valence-corrected chi connectivity index (χ0v) is 19.3. The molecule has 0 aliphatic carbocycles. The summed E-state index contributed by atoms with van der Waals surface area (Å²) in [4.78, 5) is 25.7. The molecule has 1 N–H and O–H groups in total. The number of amides is 1. The smallest absolute Gasteiger partial charge is 0.275 e. The molecule has 6 heteroatoms. The number of methoxy groups -OCH3 is 1. The van der Waals surface area contributed by atoms with Crippen molar-refractivity contribution in [2.24, 2.45) is 0 Å². The quantitative estimate of drug-likeness (QED) is 0.426. The summed E-state index contributed by atoms with van der Waals surface area (Å²) in [6, 6.07) is 29.2. The van der Waals surface area contributed by atoms with Crippen molar-refractivity contribution < 1.29 is 9.53 Å². The van der Waals surface area contributed by atoms with Crippen LogP contribution in [0, 0.1) is 6.92 Å². The maximum absolute atomic E-state index is 13.1. The van der Waals surface area contributed by atoms with Gasteiger partial charge in [0.2, 0.25) is 0 Å². The van der Waals surface area contributed by atoms with E-state index >= 15 is 0 Å². The van der Waals surface area contributed by atoms with Crippen LogP contribution in [0.3, 0.4) is 0 Å². The number of rotatable bonds is 8. The minimum atomic E-state index is -0.390. The standard InChI is InChI=1S/C28H27N3O3/c1-20-11-9-10-16-24(20)31-26(32)19-25(34-2)27(30-31)28(33)29-18-17-23(21-12-5-3-6-13-21)22-14-7-4-8-15-22/h3-16,19,23H,17-18H2,1-2H3,(H,29,33). The van der Waals surface area contributed by atoms with Crippen molar-refractivity contribution in [2.45, 2.75) is 19.3 Å². The molecule has 0 unspecified atom stereocenters. The number of carbonyl (C=O) groups is 1. The van der Waals surface area contributed by atoms with Gasteiger partial charge in [0.05, 0.1) is 18.9 Å². The molecule has 0 radical (unpaired) electrons. The monoisotopic (exact) mass is 453 g/mol. The Bertz CT molecular complexity index is 1280. The van der Waals surface area contributed by atoms with E-state index in [2.05, 4.69) is 34.7 Å². The fraction of sp³-hybridized carbons (Fsp3) is 0.179. The van der Waals surface area contributed by atoms with E-state index in [-0.39, 0.29) is 28.8 Å². The fourth-order valence-corrected chi connectivity index (χ4v) is 4.04. The highest BCUT2D eigenvalue weighted by Gasteiger charge is 2.20. The molecule has 1 aromatic heterocycles. The Hall–Kier alpha value is -4.19. The molecule has 0 aliphatic rings. The van der Waals surface area contributed by atoms with Crippen LogP contribution in [0.15, 0.2) is 95.8 Å². The molecular weight excluding hydrogens is 426 g/mol. The molecule has 3 aromatic carbocycles. The summed E-state index contributed by atoms with van der Waals surface area (Å²) in [7, 11) is 1.42. The number of hydrogen-bond donors (Lipinski definition) is 1. The van der Waals surface area contributed by atoms with E-state index in [0.29, 0.717) is 18.7 Å². The van der Waals surface area contributed by atoms with E-state index in [1.165, 1.54) is 29.0 Å². The average molecular weight is 454 g/mol. The fourth-order valence-electron chi connectivity index (χ4n) is 4.04. The number of para-hydroxylation sites is 1. The van der Waals surface area contributed by atoms with Gasteiger partial charge in [-0.25, -0.2) is 0 Å². The van der Waals surface area contributed by atoms with E-state index in [0.717, 1.165) is 5.56 Å². The molecular formula is C28H27N3O3. The van der Waals surface area contributed by atoms with Gasteiger partial charge in [0, 0.05) is 12.5 Å². The minimum absolute atomic E-state index is 0.0707. The van der Waals surface area contributed by atoms with Crippen LogP contribution in [0.5, 0.6) is 5.75 Å². The molecule has 0 saturated heterocycles. The third-order valence-electron chi connectivity index (χ3n) is 5.80. The van der Waals surface area contributed by atoms with Crippen molar-refractivity contribution >= 4 is 5.91 Å². The van der Waals surface area contributed by atoms with Crippen LogP contribution in [0.1, 0.15) is 39.5 Å². The lowest BCUT2D eigenvalue weighted by Crippen LogP contribution is -2.31. The first-order valence-corrected chi connectivity index (χ1v) is 11.2. The third-order valence-corrected chi connectivity index (χ3v) is 5.80. The third kappa shape index (κ3) is 5.07. The first-order chi connectivity index (χ1) is 16.6. The highest BCUT2D eigenvalue weighted by Crippen LogP contribution is 2.27. The van der Waals surface area contributed by atoms with Gasteiger partial charge < -0.3 is 10.1 Å². The number of nitrogens with one attached hydrogen (secondary N) is 1. The SMILES string of the molecule is COc1cc(=O)n(-c2ccccc2C)nc1C(=O)NCCC(c1ccccc1)c1ccccc1. The Morgan fingerprint density at radius 1 is 0.941 bits per heavy atom. The van der Waals surface area contributed by atoms with E-state index in [4.69, 9.17) is 4.74 Å². The summed E-state index contributed by atoms with van der Waals surface area (Å²) in [5, 5.41) is 7.31. The summed E-state index contributed by atoms with van der Waals surface area (Å²) in [5.74, 6) is -0.104. The Kier molecular flexibility index (Phi) is 7.18. The number of carbonyl (C=O) groups excluding carboxylic acids is 1. The number of hydrogen-bond acceptors (Lipinski definition) is 4. The first-order valence-electron chi connectivity index (χ1n) is 11.2. The second-order valence-electron chi connectivity index (χ2n) is 8.02. The molecule has 6 nitrogen and oxygen atoms in total. The van der Waals surface area contributed by atoms with Crippen LogP contribution in [-0.4, -0.2) is 29.3 Å². The van der Waals surface area contributed by atoms with E-state index in [1.807, 2.05) is 61.5 Å². The van der Waals surface area contributed by atoms with Gasteiger partial charge in [0.1, 0.15) is 0 Å². The molecule has 0 fully saturated rings. The van der Waals surface area contributed by atoms with Crippen molar-refractivity contribution in [1.82, 2.24) is 15.1 Å². The maximum Gasteiger partial charge on any atom is 0.275 e. The Balaban J connectivity index is 1.56. The van der Waals surface area contributed by atoms with Crippen molar-refractivity contribution in [2.75, 3.05) is 13.7 Å². The molecule has 1 amide bonds. The molecule has 34 heavy (non-hydrogen) atoms. The molecule has 0 aliphatic heterocycles. The van der Waals surface area contributed by atoms with E-state index < -0.39 is 0 Å². The van der Waals surface area contributed by atoms with Crippen molar-refractivity contribution in [3.8, 4) is 11.4 Å². The highest BCUT2D eigenvalue weighted by molar-refractivity contribution is 5.94. The van der Waals surface area contributed by atoms with E-state index in [1.54, 1.807) is 6.07 Å². The predicted molar refractivity (Wildman–Crippen MR) is 133 cm³/mol. The lowest BCUT2D eigenvalue weighted by Gasteiger charge is -2.19. The summed E-state index contributed by atoms with van der Waals surface area (Å²) in [6.07, 6.45) is 0.708. The van der Waals surface area contributed by atoms with Gasteiger partial charge in [0.25, 0.3) is 11.5 Å². The van der Waals surface area contributed by atoms with Crippen LogP contribution >= 0.6 is 0 Å². The van der Waals surface area contributed by atoms with Crippen molar-refractivity contribution in [1.29, 1.82) is 0 Å². The molecule has 4 rings (SSSR count). The highest BCUT2D eigenvalue weighted by atomic mass is 16.5. The first kappa shape index (κ1) is 23.0. The topological polar surface area (TPSA) is 73.2 Å². The summed E-state index contributed by atoms with van der Waals surface area (Å²) < 4.78 is 6.54. The maximum atomic E-state index is 13.1. The molecule has 0 atom stereocenters. The number of benzene rings is 3. The zero-order valence-electron chi connectivity index (χ0n) is 19.3. The second-order valence-corrected chi connectivity index (χ2v) is 8.02. The molecule has 4 aromatic rings. The molecule has 0 spiro atoms. The van der Waals surface area contributed by atoms with Crippen LogP contribution in [0.2, 0.25) is 0 Å². The lowest BCUT2D eigenvalue weighted by molar-refractivity contribution is 0.0942. The Labute approximate surface area is 198 Å². The molecule has 0 bridgehead atoms. The minimum Gasteiger partial charge on any atom is -0.494 e. The Morgan fingerprint density at radius 2 is 1.53 bits per heavy atom. The number of aryl methyl sites for hydroxylation is 1. The van der Waals surface area contributed by atoms with E-state index in [9.17, 15) is 9.59 Å². The number of nitrogens with zero attached hydrogens (tertiary/aromatic N) is 2. The predicted octanol–water partition coefficient (Wildman–Crippen LogP) is 4.50. The van der Waals surface area contributed by atoms with Gasteiger partial charge in [-0.05, 0) is 36.1 Å². The zero-order chi connectivity index (χ0) is 23.9. The Morgan fingerprint density at radius 3 is 2.12 bits per heavy atom. The lowest BCUT2D eigenvalue weighted by atomic mass is 9.88. The molecule has 0 saturated carbocycles. The normalized spacial score (nSPS) is 10.8. The summed E-state index contributed by atoms with van der Waals surface area (Å²) >= 11 is 0. The van der Waals surface area contributed by atoms with Gasteiger partial charge in [0.15, 0.2) is 11.4 Å². The van der Waals surface area contributed by atoms with Crippen molar-refractivity contribution in [3.05, 3.63) is 124 Å². The summed E-state index contributed by atoms with van der Waals surface area (Å²) in [5.41, 5.74) is 3.58. The van der Waals surface area contributed by atoms with Gasteiger partial charge in [-0.1, -0.05) is 78.9 Å². The molecule has 172 valence electrons. The summed E-state index contributed by atoms with van der Waals surface area (Å²) in [6.45, 7) is 2.32. The second kappa shape index (κ2) is 10.6. The largest absolute Gasteiger partial charge is 0.494 e. The van der Waals surface area contributed by atoms with Crippen molar-refractivity contribution in [3.63, 3.8) is 0 Å². The number of aromatic nitrogens is 2.